The highest BCUT2D eigenvalue weighted by Crippen LogP contribution is 2.26. The number of alkyl carbamates (subject to hydrolysis) is 1. The Morgan fingerprint density at radius 3 is 2.24 bits per heavy atom. The van der Waals surface area contributed by atoms with Crippen LogP contribution in [0, 0.1) is 11.3 Å². The summed E-state index contributed by atoms with van der Waals surface area (Å²) in [5.41, 5.74) is 2.40. The van der Waals surface area contributed by atoms with E-state index in [4.69, 9.17) is 9.47 Å². The molecule has 2 aromatic carbocycles. The summed E-state index contributed by atoms with van der Waals surface area (Å²) in [4.78, 5) is 54.1. The van der Waals surface area contributed by atoms with Crippen molar-refractivity contribution < 1.29 is 33.8 Å². The van der Waals surface area contributed by atoms with Crippen LogP contribution >= 0.6 is 0 Å². The van der Waals surface area contributed by atoms with Crippen molar-refractivity contribution in [1.82, 2.24) is 15.5 Å². The number of nitrogens with one attached hydrogen (secondary N) is 2. The van der Waals surface area contributed by atoms with E-state index in [-0.39, 0.29) is 56.9 Å². The molecule has 0 saturated heterocycles. The molecule has 1 aliphatic rings. The average Bonchev–Trinajstić information content (AvgIpc) is 3.04. The van der Waals surface area contributed by atoms with Gasteiger partial charge in [-0.1, -0.05) is 87.5 Å². The zero-order chi connectivity index (χ0) is 33.7. The highest BCUT2D eigenvalue weighted by Gasteiger charge is 2.35. The highest BCUT2D eigenvalue weighted by molar-refractivity contribution is 5.86. The molecule has 46 heavy (non-hydrogen) atoms. The van der Waals surface area contributed by atoms with Gasteiger partial charge in [0.2, 0.25) is 11.8 Å². The molecule has 0 aromatic heterocycles. The molecule has 10 heteroatoms. The summed E-state index contributed by atoms with van der Waals surface area (Å²) in [6.45, 7) is 13.2. The maximum atomic E-state index is 13.6. The van der Waals surface area contributed by atoms with E-state index >= 15 is 0 Å². The molecule has 248 valence electrons. The molecule has 4 atom stereocenters. The topological polar surface area (TPSA) is 134 Å². The minimum Gasteiger partial charge on any atom is -0.462 e. The standard InChI is InChI=1S/C36H47N3O7/c1-6-13-27(20-32(41)39-21-28-18-12-11-17-26(28)19-29(39)22-40)33(42)38-31(36(3,4)5)24-45-34(43)30(14-7-2)37-35(44)46-23-25-15-9-8-10-16-25/h6-12,15-18,27,29-31,40H,1-2,13-14,19-24H2,3-5H3,(H,37,44)(H,38,42). The number of amides is 3. The number of ether oxygens (including phenoxy) is 2. The van der Waals surface area contributed by atoms with Crippen molar-refractivity contribution in [3.05, 3.63) is 96.6 Å². The normalized spacial score (nSPS) is 16.2. The molecule has 3 rings (SSSR count). The lowest BCUT2D eigenvalue weighted by Crippen LogP contribution is -2.51. The van der Waals surface area contributed by atoms with Gasteiger partial charge in [0.05, 0.1) is 24.6 Å². The second-order valence-corrected chi connectivity index (χ2v) is 12.6. The largest absolute Gasteiger partial charge is 0.462 e. The van der Waals surface area contributed by atoms with Crippen LogP contribution in [0.3, 0.4) is 0 Å². The van der Waals surface area contributed by atoms with Gasteiger partial charge < -0.3 is 30.1 Å². The van der Waals surface area contributed by atoms with Crippen molar-refractivity contribution >= 4 is 23.9 Å². The summed E-state index contributed by atoms with van der Waals surface area (Å²) in [5.74, 6) is -2.01. The van der Waals surface area contributed by atoms with Gasteiger partial charge in [-0.15, -0.1) is 13.2 Å². The molecule has 10 nitrogen and oxygen atoms in total. The summed E-state index contributed by atoms with van der Waals surface area (Å²) in [5, 5.41) is 15.5. The van der Waals surface area contributed by atoms with Gasteiger partial charge in [0.25, 0.3) is 0 Å². The van der Waals surface area contributed by atoms with Gasteiger partial charge in [-0.05, 0) is 41.4 Å². The van der Waals surface area contributed by atoms with Crippen LogP contribution in [0.1, 0.15) is 56.7 Å². The Morgan fingerprint density at radius 2 is 1.61 bits per heavy atom. The lowest BCUT2D eigenvalue weighted by atomic mass is 9.86. The van der Waals surface area contributed by atoms with Crippen molar-refractivity contribution in [3.63, 3.8) is 0 Å². The first-order valence-electron chi connectivity index (χ1n) is 15.6. The first-order chi connectivity index (χ1) is 22.0. The minimum atomic E-state index is -1.03. The fourth-order valence-electron chi connectivity index (χ4n) is 5.21. The van der Waals surface area contributed by atoms with Gasteiger partial charge >= 0.3 is 12.1 Å². The molecule has 0 spiro atoms. The number of hydrogen-bond acceptors (Lipinski definition) is 7. The van der Waals surface area contributed by atoms with Gasteiger partial charge in [0, 0.05) is 13.0 Å². The summed E-state index contributed by atoms with van der Waals surface area (Å²) in [6, 6.07) is 15.0. The van der Waals surface area contributed by atoms with Crippen molar-refractivity contribution in [2.45, 2.75) is 77.7 Å². The number of benzene rings is 2. The number of hydrogen-bond donors (Lipinski definition) is 3. The van der Waals surface area contributed by atoms with E-state index in [1.807, 2.05) is 75.4 Å². The average molecular weight is 634 g/mol. The number of aliphatic hydroxyl groups is 1. The Balaban J connectivity index is 1.61. The van der Waals surface area contributed by atoms with Crippen LogP contribution in [0.25, 0.3) is 0 Å². The monoisotopic (exact) mass is 633 g/mol. The second kappa shape index (κ2) is 17.3. The number of esters is 1. The van der Waals surface area contributed by atoms with Crippen LogP contribution < -0.4 is 10.6 Å². The highest BCUT2D eigenvalue weighted by atomic mass is 16.6. The zero-order valence-corrected chi connectivity index (χ0v) is 27.1. The number of rotatable bonds is 15. The Labute approximate surface area is 271 Å². The lowest BCUT2D eigenvalue weighted by molar-refractivity contribution is -0.148. The third-order valence-corrected chi connectivity index (χ3v) is 8.08. The van der Waals surface area contributed by atoms with Crippen molar-refractivity contribution in [1.29, 1.82) is 0 Å². The maximum Gasteiger partial charge on any atom is 0.408 e. The van der Waals surface area contributed by atoms with E-state index in [2.05, 4.69) is 23.8 Å². The predicted octanol–water partition coefficient (Wildman–Crippen LogP) is 4.46. The summed E-state index contributed by atoms with van der Waals surface area (Å²) in [7, 11) is 0. The van der Waals surface area contributed by atoms with E-state index in [1.54, 1.807) is 11.0 Å². The summed E-state index contributed by atoms with van der Waals surface area (Å²) >= 11 is 0. The van der Waals surface area contributed by atoms with Gasteiger partial charge in [-0.25, -0.2) is 9.59 Å². The maximum absolute atomic E-state index is 13.6. The lowest BCUT2D eigenvalue weighted by Gasteiger charge is -2.37. The Hall–Kier alpha value is -4.44. The van der Waals surface area contributed by atoms with E-state index in [9.17, 15) is 24.3 Å². The number of nitrogens with zero attached hydrogens (tertiary/aromatic N) is 1. The molecule has 0 aliphatic carbocycles. The van der Waals surface area contributed by atoms with Crippen LogP contribution in [-0.2, 0) is 43.4 Å². The molecule has 1 aliphatic heterocycles. The third-order valence-electron chi connectivity index (χ3n) is 8.08. The number of carbonyl (C=O) groups is 4. The quantitative estimate of drug-likeness (QED) is 0.195. The number of allylic oxidation sites excluding steroid dienone is 1. The van der Waals surface area contributed by atoms with E-state index in [0.717, 1.165) is 16.7 Å². The van der Waals surface area contributed by atoms with Crippen molar-refractivity contribution in [2.24, 2.45) is 11.3 Å². The number of carbonyl (C=O) groups excluding carboxylic acids is 4. The van der Waals surface area contributed by atoms with Crippen LogP contribution in [0.2, 0.25) is 0 Å². The molecule has 0 fully saturated rings. The third kappa shape index (κ3) is 10.6. The van der Waals surface area contributed by atoms with Crippen LogP contribution in [0.4, 0.5) is 4.79 Å². The van der Waals surface area contributed by atoms with Gasteiger partial charge in [0.1, 0.15) is 19.3 Å². The Kier molecular flexibility index (Phi) is 13.6. The van der Waals surface area contributed by atoms with Crippen molar-refractivity contribution in [2.75, 3.05) is 13.2 Å². The van der Waals surface area contributed by atoms with Gasteiger partial charge in [-0.2, -0.15) is 0 Å². The van der Waals surface area contributed by atoms with Crippen LogP contribution in [0.5, 0.6) is 0 Å². The second-order valence-electron chi connectivity index (χ2n) is 12.6. The molecule has 4 unspecified atom stereocenters. The van der Waals surface area contributed by atoms with Gasteiger partial charge in [0.15, 0.2) is 0 Å². The zero-order valence-electron chi connectivity index (χ0n) is 27.1. The smallest absolute Gasteiger partial charge is 0.408 e. The molecular formula is C36H47N3O7. The first kappa shape index (κ1) is 36.0. The molecule has 3 amide bonds. The summed E-state index contributed by atoms with van der Waals surface area (Å²) < 4.78 is 10.8. The Morgan fingerprint density at radius 1 is 0.957 bits per heavy atom. The van der Waals surface area contributed by atoms with Crippen LogP contribution in [0.15, 0.2) is 79.9 Å². The minimum absolute atomic E-state index is 0.0424. The predicted molar refractivity (Wildman–Crippen MR) is 175 cm³/mol. The number of aliphatic hydroxyl groups excluding tert-OH is 1. The molecule has 0 radical (unpaired) electrons. The number of fused-ring (bicyclic) bond motifs is 1. The Bertz CT molecular complexity index is 1350. The first-order valence-corrected chi connectivity index (χ1v) is 15.6. The summed E-state index contributed by atoms with van der Waals surface area (Å²) in [6.07, 6.45) is 3.17. The van der Waals surface area contributed by atoms with E-state index in [1.165, 1.54) is 6.08 Å². The molecule has 0 saturated carbocycles. The van der Waals surface area contributed by atoms with E-state index in [0.29, 0.717) is 13.0 Å². The SMILES string of the molecule is C=CCC(CC(=O)N1Cc2ccccc2CC1CO)C(=O)NC(COC(=O)C(CC=C)NC(=O)OCc1ccccc1)C(C)(C)C. The molecule has 1 heterocycles. The molecule has 0 bridgehead atoms. The van der Waals surface area contributed by atoms with Crippen molar-refractivity contribution in [3.8, 4) is 0 Å². The molecular weight excluding hydrogens is 586 g/mol. The van der Waals surface area contributed by atoms with E-state index < -0.39 is 35.5 Å². The fourth-order valence-corrected chi connectivity index (χ4v) is 5.21. The fraction of sp³-hybridized carbons (Fsp3) is 0.444. The molecule has 2 aromatic rings. The molecule has 3 N–H and O–H groups in total. The van der Waals surface area contributed by atoms with Gasteiger partial charge in [-0.3, -0.25) is 9.59 Å². The van der Waals surface area contributed by atoms with Crippen LogP contribution in [-0.4, -0.2) is 65.2 Å².